The van der Waals surface area contributed by atoms with Crippen molar-refractivity contribution < 1.29 is 0 Å². The van der Waals surface area contributed by atoms with E-state index in [1.807, 2.05) is 12.1 Å². The van der Waals surface area contributed by atoms with Gasteiger partial charge < -0.3 is 5.32 Å². The highest BCUT2D eigenvalue weighted by Gasteiger charge is 2.05. The maximum Gasteiger partial charge on any atom is 0.0406 e. The Hall–Kier alpha value is -0.530. The van der Waals surface area contributed by atoms with E-state index in [1.165, 1.54) is 12.0 Å². The first kappa shape index (κ1) is 12.5. The molecule has 1 rings (SSSR count). The lowest BCUT2D eigenvalue weighted by atomic mass is 10.1. The molecular formula is C13H20ClN. The van der Waals surface area contributed by atoms with Gasteiger partial charge in [-0.3, -0.25) is 0 Å². The molecule has 0 saturated carbocycles. The van der Waals surface area contributed by atoms with Gasteiger partial charge in [-0.15, -0.1) is 0 Å². The van der Waals surface area contributed by atoms with E-state index in [9.17, 15) is 0 Å². The summed E-state index contributed by atoms with van der Waals surface area (Å²) in [6.45, 7) is 7.74. The van der Waals surface area contributed by atoms with Gasteiger partial charge in [-0.25, -0.2) is 0 Å². The average molecular weight is 226 g/mol. The van der Waals surface area contributed by atoms with Crippen molar-refractivity contribution in [2.75, 3.05) is 6.54 Å². The largest absolute Gasteiger partial charge is 0.310 e. The van der Waals surface area contributed by atoms with Crippen molar-refractivity contribution in [3.8, 4) is 0 Å². The molecule has 0 spiro atoms. The summed E-state index contributed by atoms with van der Waals surface area (Å²) in [5.74, 6) is 0.736. The molecule has 1 nitrogen and oxygen atoms in total. The third kappa shape index (κ3) is 4.23. The highest BCUT2D eigenvalue weighted by atomic mass is 35.5. The molecule has 15 heavy (non-hydrogen) atoms. The zero-order chi connectivity index (χ0) is 11.3. The Bertz CT molecular complexity index is 281. The first-order chi connectivity index (χ1) is 7.13. The van der Waals surface area contributed by atoms with E-state index in [-0.39, 0.29) is 0 Å². The van der Waals surface area contributed by atoms with Crippen LogP contribution in [-0.2, 0) is 0 Å². The fourth-order valence-corrected chi connectivity index (χ4v) is 1.52. The predicted octanol–water partition coefficient (Wildman–Crippen LogP) is 4.04. The molecule has 2 atom stereocenters. The summed E-state index contributed by atoms with van der Waals surface area (Å²) in [5.41, 5.74) is 1.29. The highest BCUT2D eigenvalue weighted by Crippen LogP contribution is 2.16. The number of nitrogens with one attached hydrogen (secondary N) is 1. The summed E-state index contributed by atoms with van der Waals surface area (Å²) >= 11 is 5.85. The average Bonchev–Trinajstić information content (AvgIpc) is 2.26. The summed E-state index contributed by atoms with van der Waals surface area (Å²) in [7, 11) is 0. The van der Waals surface area contributed by atoms with Crippen LogP contribution in [0.5, 0.6) is 0 Å². The fourth-order valence-electron chi connectivity index (χ4n) is 1.39. The minimum absolute atomic E-state index is 0.399. The van der Waals surface area contributed by atoms with Crippen molar-refractivity contribution >= 4 is 11.6 Å². The van der Waals surface area contributed by atoms with Gasteiger partial charge in [0.2, 0.25) is 0 Å². The Kier molecular flexibility index (Phi) is 5.13. The smallest absolute Gasteiger partial charge is 0.0406 e. The van der Waals surface area contributed by atoms with Gasteiger partial charge in [-0.2, -0.15) is 0 Å². The molecule has 1 unspecified atom stereocenters. The van der Waals surface area contributed by atoms with Crippen LogP contribution in [-0.4, -0.2) is 6.54 Å². The fraction of sp³-hybridized carbons (Fsp3) is 0.538. The van der Waals surface area contributed by atoms with Gasteiger partial charge in [0.05, 0.1) is 0 Å². The molecule has 0 aliphatic heterocycles. The molecule has 1 aromatic rings. The van der Waals surface area contributed by atoms with E-state index in [4.69, 9.17) is 11.6 Å². The van der Waals surface area contributed by atoms with Crippen LogP contribution in [0.15, 0.2) is 24.3 Å². The summed E-state index contributed by atoms with van der Waals surface area (Å²) in [6, 6.07) is 8.44. The molecule has 2 heteroatoms. The van der Waals surface area contributed by atoms with Gasteiger partial charge in [0.1, 0.15) is 0 Å². The van der Waals surface area contributed by atoms with Crippen LogP contribution in [0.25, 0.3) is 0 Å². The molecule has 0 bridgehead atoms. The number of benzene rings is 1. The molecule has 0 aliphatic carbocycles. The molecule has 1 aromatic carbocycles. The van der Waals surface area contributed by atoms with Crippen LogP contribution < -0.4 is 5.32 Å². The molecule has 0 heterocycles. The molecular weight excluding hydrogens is 206 g/mol. The molecule has 84 valence electrons. The first-order valence-corrected chi connectivity index (χ1v) is 6.00. The number of hydrogen-bond acceptors (Lipinski definition) is 1. The number of hydrogen-bond donors (Lipinski definition) is 1. The van der Waals surface area contributed by atoms with Crippen molar-refractivity contribution in [2.24, 2.45) is 5.92 Å². The van der Waals surface area contributed by atoms with E-state index in [0.29, 0.717) is 6.04 Å². The number of halogens is 1. The summed E-state index contributed by atoms with van der Waals surface area (Å²) < 4.78 is 0. The quantitative estimate of drug-likeness (QED) is 0.798. The third-order valence-corrected chi connectivity index (χ3v) is 3.09. The second-order valence-corrected chi connectivity index (χ2v) is 4.63. The van der Waals surface area contributed by atoms with Crippen molar-refractivity contribution in [3.63, 3.8) is 0 Å². The van der Waals surface area contributed by atoms with Gasteiger partial charge in [0.15, 0.2) is 0 Å². The van der Waals surface area contributed by atoms with Crippen LogP contribution in [0.2, 0.25) is 5.02 Å². The van der Waals surface area contributed by atoms with Crippen LogP contribution in [0, 0.1) is 5.92 Å². The SMILES string of the molecule is CCC(C)CN[C@H](C)c1ccc(Cl)cc1. The van der Waals surface area contributed by atoms with Crippen molar-refractivity contribution in [2.45, 2.75) is 33.2 Å². The minimum Gasteiger partial charge on any atom is -0.310 e. The van der Waals surface area contributed by atoms with E-state index < -0.39 is 0 Å². The van der Waals surface area contributed by atoms with E-state index in [0.717, 1.165) is 17.5 Å². The lowest BCUT2D eigenvalue weighted by molar-refractivity contribution is 0.461. The maximum absolute atomic E-state index is 5.85. The lowest BCUT2D eigenvalue weighted by Gasteiger charge is -2.17. The standard InChI is InChI=1S/C13H20ClN/c1-4-10(2)9-15-11(3)12-5-7-13(14)8-6-12/h5-8,10-11,15H,4,9H2,1-3H3/t10?,11-/m1/s1. The van der Waals surface area contributed by atoms with E-state index in [2.05, 4.69) is 38.2 Å². The molecule has 0 fully saturated rings. The van der Waals surface area contributed by atoms with Gasteiger partial charge in [0.25, 0.3) is 0 Å². The summed E-state index contributed by atoms with van der Waals surface area (Å²) in [4.78, 5) is 0. The minimum atomic E-state index is 0.399. The first-order valence-electron chi connectivity index (χ1n) is 5.62. The second-order valence-electron chi connectivity index (χ2n) is 4.19. The van der Waals surface area contributed by atoms with E-state index >= 15 is 0 Å². The Morgan fingerprint density at radius 2 is 1.80 bits per heavy atom. The van der Waals surface area contributed by atoms with Crippen LogP contribution in [0.3, 0.4) is 0 Å². The zero-order valence-electron chi connectivity index (χ0n) is 9.76. The Balaban J connectivity index is 2.46. The normalized spacial score (nSPS) is 14.9. The van der Waals surface area contributed by atoms with Gasteiger partial charge >= 0.3 is 0 Å². The lowest BCUT2D eigenvalue weighted by Crippen LogP contribution is -2.24. The maximum atomic E-state index is 5.85. The zero-order valence-corrected chi connectivity index (χ0v) is 10.5. The summed E-state index contributed by atoms with van der Waals surface area (Å²) in [5, 5.41) is 4.32. The van der Waals surface area contributed by atoms with E-state index in [1.54, 1.807) is 0 Å². The Morgan fingerprint density at radius 1 is 1.20 bits per heavy atom. The van der Waals surface area contributed by atoms with Crippen LogP contribution in [0.1, 0.15) is 38.8 Å². The Morgan fingerprint density at radius 3 is 2.33 bits per heavy atom. The number of rotatable bonds is 5. The van der Waals surface area contributed by atoms with Gasteiger partial charge in [-0.05, 0) is 37.1 Å². The van der Waals surface area contributed by atoms with Crippen molar-refractivity contribution in [3.05, 3.63) is 34.9 Å². The summed E-state index contributed by atoms with van der Waals surface area (Å²) in [6.07, 6.45) is 1.22. The van der Waals surface area contributed by atoms with Gasteiger partial charge in [0, 0.05) is 11.1 Å². The highest BCUT2D eigenvalue weighted by molar-refractivity contribution is 6.30. The molecule has 0 saturated heterocycles. The monoisotopic (exact) mass is 225 g/mol. The predicted molar refractivity (Wildman–Crippen MR) is 67.3 cm³/mol. The second kappa shape index (κ2) is 6.14. The molecule has 0 aromatic heterocycles. The van der Waals surface area contributed by atoms with Crippen LogP contribution in [0.4, 0.5) is 0 Å². The molecule has 0 amide bonds. The van der Waals surface area contributed by atoms with Crippen LogP contribution >= 0.6 is 11.6 Å². The molecule has 1 N–H and O–H groups in total. The third-order valence-electron chi connectivity index (χ3n) is 2.84. The topological polar surface area (TPSA) is 12.0 Å². The molecule has 0 aliphatic rings. The van der Waals surface area contributed by atoms with Crippen molar-refractivity contribution in [1.29, 1.82) is 0 Å². The van der Waals surface area contributed by atoms with Crippen molar-refractivity contribution in [1.82, 2.24) is 5.32 Å². The van der Waals surface area contributed by atoms with Gasteiger partial charge in [-0.1, -0.05) is 44.0 Å². The molecule has 0 radical (unpaired) electrons. The Labute approximate surface area is 97.8 Å².